The average molecular weight is 337 g/mol. The van der Waals surface area contributed by atoms with Gasteiger partial charge in [0, 0.05) is 6.61 Å². The molecule has 0 aliphatic carbocycles. The zero-order valence-electron chi connectivity index (χ0n) is 14.2. The van der Waals surface area contributed by atoms with Crippen LogP contribution in [0.15, 0.2) is 0 Å². The number of epoxide rings is 1. The number of hydrogen-bond donors (Lipinski definition) is 0. The van der Waals surface area contributed by atoms with E-state index in [9.17, 15) is 0 Å². The largest absolute Gasteiger partial charge is 0.458 e. The molecule has 1 heterocycles. The molecule has 1 aliphatic heterocycles. The Morgan fingerprint density at radius 2 is 1.70 bits per heavy atom. The standard InChI is InChI=1S/C13H32O4Si3/c1-18(17-20(5,6)7)10-8-9-14-11-13(12-15-13)16-19(2,3)4/h18H,8-12H2,1-7H3. The van der Waals surface area contributed by atoms with Crippen molar-refractivity contribution in [3.05, 3.63) is 0 Å². The van der Waals surface area contributed by atoms with Crippen LogP contribution >= 0.6 is 0 Å². The van der Waals surface area contributed by atoms with Gasteiger partial charge in [0.05, 0.1) is 0 Å². The normalized spacial score (nSPS) is 24.8. The first-order chi connectivity index (χ1) is 9.02. The van der Waals surface area contributed by atoms with E-state index >= 15 is 0 Å². The van der Waals surface area contributed by atoms with Gasteiger partial charge in [-0.2, -0.15) is 0 Å². The molecular weight excluding hydrogens is 304 g/mol. The van der Waals surface area contributed by atoms with Crippen molar-refractivity contribution in [2.24, 2.45) is 0 Å². The third-order valence-corrected chi connectivity index (χ3v) is 9.38. The van der Waals surface area contributed by atoms with Crippen molar-refractivity contribution in [2.45, 2.75) is 64.1 Å². The van der Waals surface area contributed by atoms with E-state index in [-0.39, 0.29) is 0 Å². The molecule has 0 saturated carbocycles. The predicted molar refractivity (Wildman–Crippen MR) is 90.8 cm³/mol. The molecule has 20 heavy (non-hydrogen) atoms. The first-order valence-electron chi connectivity index (χ1n) is 7.61. The van der Waals surface area contributed by atoms with Gasteiger partial charge in [0.15, 0.2) is 25.7 Å². The van der Waals surface area contributed by atoms with Crippen molar-refractivity contribution >= 4 is 25.7 Å². The summed E-state index contributed by atoms with van der Waals surface area (Å²) in [7, 11) is -3.91. The van der Waals surface area contributed by atoms with Crippen molar-refractivity contribution < 1.29 is 18.0 Å². The highest BCUT2D eigenvalue weighted by molar-refractivity contribution is 6.77. The topological polar surface area (TPSA) is 40.2 Å². The van der Waals surface area contributed by atoms with Crippen molar-refractivity contribution in [3.8, 4) is 0 Å². The fraction of sp³-hybridized carbons (Fsp3) is 1.00. The van der Waals surface area contributed by atoms with Crippen molar-refractivity contribution in [3.63, 3.8) is 0 Å². The summed E-state index contributed by atoms with van der Waals surface area (Å²) in [5.74, 6) is -0.414. The number of ether oxygens (including phenoxy) is 2. The van der Waals surface area contributed by atoms with Gasteiger partial charge in [-0.1, -0.05) is 0 Å². The molecule has 1 aliphatic rings. The second-order valence-corrected chi connectivity index (χ2v) is 19.4. The van der Waals surface area contributed by atoms with Gasteiger partial charge in [0.25, 0.3) is 0 Å². The first-order valence-corrected chi connectivity index (χ1v) is 16.9. The van der Waals surface area contributed by atoms with Crippen molar-refractivity contribution in [1.82, 2.24) is 0 Å². The average Bonchev–Trinajstić information content (AvgIpc) is 2.91. The Bertz CT molecular complexity index is 295. The molecule has 0 amide bonds. The van der Waals surface area contributed by atoms with Crippen LogP contribution in [-0.2, 0) is 18.0 Å². The number of hydrogen-bond acceptors (Lipinski definition) is 4. The van der Waals surface area contributed by atoms with Gasteiger partial charge in [0.1, 0.15) is 13.2 Å². The van der Waals surface area contributed by atoms with Crippen LogP contribution in [0.25, 0.3) is 0 Å². The fourth-order valence-electron chi connectivity index (χ4n) is 2.17. The van der Waals surface area contributed by atoms with E-state index < -0.39 is 31.5 Å². The molecule has 0 radical (unpaired) electrons. The Hall–Kier alpha value is 0.491. The lowest BCUT2D eigenvalue weighted by Crippen LogP contribution is -2.37. The second kappa shape index (κ2) is 7.17. The molecule has 2 atom stereocenters. The highest BCUT2D eigenvalue weighted by Crippen LogP contribution is 2.32. The molecule has 0 aromatic rings. The summed E-state index contributed by atoms with van der Waals surface area (Å²) in [4.78, 5) is 0. The maximum absolute atomic E-state index is 6.14. The molecular formula is C13H32O4Si3. The van der Waals surface area contributed by atoms with Crippen LogP contribution in [0.3, 0.4) is 0 Å². The van der Waals surface area contributed by atoms with Crippen LogP contribution in [-0.4, -0.2) is 51.3 Å². The molecule has 4 nitrogen and oxygen atoms in total. The summed E-state index contributed by atoms with van der Waals surface area (Å²) in [5, 5.41) is 0. The SMILES string of the molecule is C[SiH](CCCOCC1(O[Si](C)(C)C)CO1)O[Si](C)(C)C. The minimum atomic E-state index is -1.56. The van der Waals surface area contributed by atoms with Gasteiger partial charge < -0.3 is 18.0 Å². The van der Waals surface area contributed by atoms with Crippen LogP contribution in [0.5, 0.6) is 0 Å². The smallest absolute Gasteiger partial charge is 0.207 e. The molecule has 1 saturated heterocycles. The van der Waals surface area contributed by atoms with Gasteiger partial charge in [-0.15, -0.1) is 0 Å². The zero-order valence-corrected chi connectivity index (χ0v) is 17.4. The Morgan fingerprint density at radius 1 is 1.10 bits per heavy atom. The maximum Gasteiger partial charge on any atom is 0.207 e. The summed E-state index contributed by atoms with van der Waals surface area (Å²) in [6.07, 6.45) is 1.08. The summed E-state index contributed by atoms with van der Waals surface area (Å²) < 4.78 is 23.3. The first kappa shape index (κ1) is 18.5. The van der Waals surface area contributed by atoms with Crippen LogP contribution in [0.2, 0.25) is 51.9 Å². The third-order valence-electron chi connectivity index (χ3n) is 2.73. The van der Waals surface area contributed by atoms with Gasteiger partial charge in [0.2, 0.25) is 5.79 Å². The van der Waals surface area contributed by atoms with Crippen LogP contribution in [0.1, 0.15) is 6.42 Å². The molecule has 0 spiro atoms. The van der Waals surface area contributed by atoms with E-state index in [1.807, 2.05) is 0 Å². The van der Waals surface area contributed by atoms with Gasteiger partial charge in [-0.3, -0.25) is 0 Å². The molecule has 1 rings (SSSR count). The van der Waals surface area contributed by atoms with Gasteiger partial charge >= 0.3 is 0 Å². The highest BCUT2D eigenvalue weighted by Gasteiger charge is 2.49. The molecule has 7 heteroatoms. The lowest BCUT2D eigenvalue weighted by atomic mass is 10.4. The Labute approximate surface area is 128 Å². The summed E-state index contributed by atoms with van der Waals surface area (Å²) in [5.41, 5.74) is 0. The summed E-state index contributed by atoms with van der Waals surface area (Å²) in [6.45, 7) is 17.6. The molecule has 120 valence electrons. The molecule has 2 unspecified atom stereocenters. The molecule has 0 bridgehead atoms. The minimum absolute atomic E-state index is 0.414. The quantitative estimate of drug-likeness (QED) is 0.349. The van der Waals surface area contributed by atoms with E-state index in [1.54, 1.807) is 0 Å². The Balaban J connectivity index is 2.08. The lowest BCUT2D eigenvalue weighted by Gasteiger charge is -2.24. The van der Waals surface area contributed by atoms with Crippen LogP contribution in [0, 0.1) is 0 Å². The molecule has 0 aromatic heterocycles. The zero-order chi connectivity index (χ0) is 15.4. The van der Waals surface area contributed by atoms with Crippen LogP contribution in [0.4, 0.5) is 0 Å². The monoisotopic (exact) mass is 336 g/mol. The van der Waals surface area contributed by atoms with Crippen LogP contribution < -0.4 is 0 Å². The second-order valence-electron chi connectivity index (χ2n) is 7.65. The van der Waals surface area contributed by atoms with Crippen molar-refractivity contribution in [1.29, 1.82) is 0 Å². The summed E-state index contributed by atoms with van der Waals surface area (Å²) >= 11 is 0. The molecule has 0 N–H and O–H groups in total. The summed E-state index contributed by atoms with van der Waals surface area (Å²) in [6, 6.07) is 1.19. The molecule has 1 fully saturated rings. The maximum atomic E-state index is 6.14. The lowest BCUT2D eigenvalue weighted by molar-refractivity contribution is -0.0308. The fourth-order valence-corrected chi connectivity index (χ4v) is 9.51. The van der Waals surface area contributed by atoms with E-state index in [0.29, 0.717) is 13.2 Å². The minimum Gasteiger partial charge on any atom is -0.458 e. The van der Waals surface area contributed by atoms with E-state index in [2.05, 4.69) is 45.8 Å². The molecule has 0 aromatic carbocycles. The highest BCUT2D eigenvalue weighted by atomic mass is 28.4. The Kier molecular flexibility index (Phi) is 6.64. The van der Waals surface area contributed by atoms with Crippen molar-refractivity contribution in [2.75, 3.05) is 19.8 Å². The number of rotatable bonds is 10. The van der Waals surface area contributed by atoms with E-state index in [0.717, 1.165) is 13.0 Å². The third kappa shape index (κ3) is 8.71. The Morgan fingerprint density at radius 3 is 2.15 bits per heavy atom. The predicted octanol–water partition coefficient (Wildman–Crippen LogP) is 3.18. The van der Waals surface area contributed by atoms with Gasteiger partial charge in [-0.05, 0) is 58.3 Å². The van der Waals surface area contributed by atoms with E-state index in [4.69, 9.17) is 18.0 Å². The van der Waals surface area contributed by atoms with Gasteiger partial charge in [-0.25, -0.2) is 0 Å². The van der Waals surface area contributed by atoms with E-state index in [1.165, 1.54) is 6.04 Å².